The summed E-state index contributed by atoms with van der Waals surface area (Å²) in [6.45, 7) is 6.42. The first-order valence-electron chi connectivity index (χ1n) is 10.7. The number of hydrogen-bond acceptors (Lipinski definition) is 3. The van der Waals surface area contributed by atoms with Crippen LogP contribution in [0.4, 0.5) is 0 Å². The molecule has 3 nitrogen and oxygen atoms in total. The van der Waals surface area contributed by atoms with Gasteiger partial charge in [0, 0.05) is 10.9 Å². The van der Waals surface area contributed by atoms with Gasteiger partial charge in [0.15, 0.2) is 5.58 Å². The molecule has 2 heterocycles. The molecule has 0 bridgehead atoms. The van der Waals surface area contributed by atoms with Gasteiger partial charge < -0.3 is 4.42 Å². The van der Waals surface area contributed by atoms with Crippen molar-refractivity contribution in [3.63, 3.8) is 0 Å². The number of rotatable bonds is 2. The highest BCUT2D eigenvalue weighted by Crippen LogP contribution is 2.38. The van der Waals surface area contributed by atoms with E-state index in [2.05, 4.69) is 86.6 Å². The summed E-state index contributed by atoms with van der Waals surface area (Å²) in [7, 11) is 0. The van der Waals surface area contributed by atoms with Crippen molar-refractivity contribution in [3.8, 4) is 11.3 Å². The molecule has 0 radical (unpaired) electrons. The normalized spacial score (nSPS) is 12.0. The van der Waals surface area contributed by atoms with Gasteiger partial charge in [0.1, 0.15) is 22.6 Å². The molecule has 0 aliphatic carbocycles. The number of nitrogens with zero attached hydrogens (tertiary/aromatic N) is 2. The second kappa shape index (κ2) is 6.64. The molecule has 4 aromatic carbocycles. The molecule has 0 aliphatic rings. The molecule has 0 amide bonds. The van der Waals surface area contributed by atoms with Crippen molar-refractivity contribution in [2.45, 2.75) is 26.7 Å². The number of benzene rings is 4. The van der Waals surface area contributed by atoms with E-state index in [0.29, 0.717) is 5.92 Å². The quantitative estimate of drug-likeness (QED) is 0.297. The minimum Gasteiger partial charge on any atom is -0.452 e. The van der Waals surface area contributed by atoms with Gasteiger partial charge in [0.25, 0.3) is 0 Å². The van der Waals surface area contributed by atoms with E-state index in [1.165, 1.54) is 21.7 Å². The zero-order valence-corrected chi connectivity index (χ0v) is 17.8. The van der Waals surface area contributed by atoms with Gasteiger partial charge in [-0.25, -0.2) is 9.97 Å². The maximum absolute atomic E-state index is 6.39. The first kappa shape index (κ1) is 18.1. The number of aryl methyl sites for hydroxylation is 1. The van der Waals surface area contributed by atoms with Crippen LogP contribution in [0.25, 0.3) is 54.9 Å². The van der Waals surface area contributed by atoms with Gasteiger partial charge in [-0.2, -0.15) is 0 Å². The fourth-order valence-corrected chi connectivity index (χ4v) is 4.59. The predicted octanol–water partition coefficient (Wildman–Crippen LogP) is 7.78. The van der Waals surface area contributed by atoms with E-state index in [-0.39, 0.29) is 0 Å². The van der Waals surface area contributed by atoms with Crippen molar-refractivity contribution in [2.24, 2.45) is 0 Å². The summed E-state index contributed by atoms with van der Waals surface area (Å²) < 4.78 is 6.39. The van der Waals surface area contributed by atoms with Crippen LogP contribution in [-0.2, 0) is 0 Å². The Hall–Kier alpha value is -3.72. The van der Waals surface area contributed by atoms with Crippen molar-refractivity contribution in [3.05, 3.63) is 84.2 Å². The lowest BCUT2D eigenvalue weighted by molar-refractivity contribution is 0.667. The maximum atomic E-state index is 6.39. The lowest BCUT2D eigenvalue weighted by Crippen LogP contribution is -1.95. The lowest BCUT2D eigenvalue weighted by atomic mass is 9.92. The summed E-state index contributed by atoms with van der Waals surface area (Å²) in [6, 6.07) is 25.7. The van der Waals surface area contributed by atoms with Crippen LogP contribution < -0.4 is 0 Å². The topological polar surface area (TPSA) is 38.9 Å². The van der Waals surface area contributed by atoms with E-state index in [9.17, 15) is 0 Å². The van der Waals surface area contributed by atoms with E-state index in [1.807, 2.05) is 6.92 Å². The van der Waals surface area contributed by atoms with Gasteiger partial charge in [-0.1, -0.05) is 62.4 Å². The Kier molecular flexibility index (Phi) is 3.87. The molecule has 31 heavy (non-hydrogen) atoms. The Morgan fingerprint density at radius 3 is 2.23 bits per heavy atom. The third kappa shape index (κ3) is 2.81. The van der Waals surface area contributed by atoms with E-state index in [0.717, 1.165) is 44.5 Å². The summed E-state index contributed by atoms with van der Waals surface area (Å²) in [5, 5.41) is 5.89. The molecule has 0 atom stereocenters. The van der Waals surface area contributed by atoms with Gasteiger partial charge in [0.2, 0.25) is 0 Å². The predicted molar refractivity (Wildman–Crippen MR) is 129 cm³/mol. The van der Waals surface area contributed by atoms with Gasteiger partial charge in [-0.15, -0.1) is 0 Å². The van der Waals surface area contributed by atoms with Gasteiger partial charge in [-0.05, 0) is 64.2 Å². The summed E-state index contributed by atoms with van der Waals surface area (Å²) in [6.07, 6.45) is 0. The molecule has 0 saturated carbocycles. The molecule has 0 spiro atoms. The SMILES string of the molecule is Cc1nc(-c2cc(C(C)C)c3ccccc3c2)c2oc3cc4ccccc4cc3c2n1. The molecule has 6 aromatic rings. The second-order valence-electron chi connectivity index (χ2n) is 8.54. The van der Waals surface area contributed by atoms with Crippen LogP contribution in [0, 0.1) is 6.92 Å². The monoisotopic (exact) mass is 402 g/mol. The third-order valence-corrected chi connectivity index (χ3v) is 6.08. The molecule has 0 saturated heterocycles. The molecule has 0 aliphatic heterocycles. The van der Waals surface area contributed by atoms with E-state index < -0.39 is 0 Å². The Labute approximate surface area is 180 Å². The van der Waals surface area contributed by atoms with Crippen LogP contribution in [0.5, 0.6) is 0 Å². The Bertz CT molecular complexity index is 1630. The average Bonchev–Trinajstić information content (AvgIpc) is 3.13. The largest absolute Gasteiger partial charge is 0.452 e. The Balaban J connectivity index is 1.70. The highest BCUT2D eigenvalue weighted by atomic mass is 16.3. The summed E-state index contributed by atoms with van der Waals surface area (Å²) in [5.74, 6) is 1.15. The summed E-state index contributed by atoms with van der Waals surface area (Å²) in [4.78, 5) is 9.61. The molecule has 0 N–H and O–H groups in total. The summed E-state index contributed by atoms with van der Waals surface area (Å²) >= 11 is 0. The molecule has 0 fully saturated rings. The first-order chi connectivity index (χ1) is 15.1. The zero-order chi connectivity index (χ0) is 21.1. The van der Waals surface area contributed by atoms with Crippen molar-refractivity contribution < 1.29 is 4.42 Å². The minimum absolute atomic E-state index is 0.407. The highest BCUT2D eigenvalue weighted by molar-refractivity contribution is 6.11. The van der Waals surface area contributed by atoms with E-state index >= 15 is 0 Å². The smallest absolute Gasteiger partial charge is 0.180 e. The molecule has 3 heteroatoms. The fourth-order valence-electron chi connectivity index (χ4n) is 4.59. The van der Waals surface area contributed by atoms with Crippen molar-refractivity contribution in [2.75, 3.05) is 0 Å². The van der Waals surface area contributed by atoms with Gasteiger partial charge in [0.05, 0.1) is 0 Å². The van der Waals surface area contributed by atoms with Crippen LogP contribution in [0.1, 0.15) is 31.2 Å². The van der Waals surface area contributed by atoms with E-state index in [1.54, 1.807) is 0 Å². The maximum Gasteiger partial charge on any atom is 0.180 e. The number of aromatic nitrogens is 2. The Morgan fingerprint density at radius 2 is 1.45 bits per heavy atom. The van der Waals surface area contributed by atoms with Crippen molar-refractivity contribution in [1.29, 1.82) is 0 Å². The van der Waals surface area contributed by atoms with Crippen LogP contribution >= 0.6 is 0 Å². The fraction of sp³-hybridized carbons (Fsp3) is 0.143. The van der Waals surface area contributed by atoms with Gasteiger partial charge >= 0.3 is 0 Å². The van der Waals surface area contributed by atoms with Crippen LogP contribution in [0.15, 0.2) is 77.2 Å². The first-order valence-corrected chi connectivity index (χ1v) is 10.7. The number of hydrogen-bond donors (Lipinski definition) is 0. The lowest BCUT2D eigenvalue weighted by Gasteiger charge is -2.13. The molecule has 2 aromatic heterocycles. The summed E-state index contributed by atoms with van der Waals surface area (Å²) in [5.41, 5.74) is 5.72. The van der Waals surface area contributed by atoms with Crippen molar-refractivity contribution in [1.82, 2.24) is 9.97 Å². The molecular weight excluding hydrogens is 380 g/mol. The minimum atomic E-state index is 0.407. The molecule has 6 rings (SSSR count). The van der Waals surface area contributed by atoms with Crippen LogP contribution in [-0.4, -0.2) is 9.97 Å². The highest BCUT2D eigenvalue weighted by Gasteiger charge is 2.18. The third-order valence-electron chi connectivity index (χ3n) is 6.08. The standard InChI is InChI=1S/C28H22N2O/c1-16(2)23-14-21(12-20-10-6-7-11-22(20)23)26-28-27(30-17(3)29-26)24-13-18-8-4-5-9-19(18)15-25(24)31-28/h4-16H,1-3H3. The van der Waals surface area contributed by atoms with E-state index in [4.69, 9.17) is 14.4 Å². The van der Waals surface area contributed by atoms with Crippen LogP contribution in [0.3, 0.4) is 0 Å². The number of furan rings is 1. The number of fused-ring (bicyclic) bond motifs is 5. The van der Waals surface area contributed by atoms with Crippen molar-refractivity contribution >= 4 is 43.6 Å². The Morgan fingerprint density at radius 1 is 0.742 bits per heavy atom. The second-order valence-corrected chi connectivity index (χ2v) is 8.54. The van der Waals surface area contributed by atoms with Gasteiger partial charge in [-0.3, -0.25) is 0 Å². The molecule has 150 valence electrons. The molecule has 0 unspecified atom stereocenters. The zero-order valence-electron chi connectivity index (χ0n) is 17.8. The van der Waals surface area contributed by atoms with Crippen LogP contribution in [0.2, 0.25) is 0 Å². The average molecular weight is 402 g/mol. The molecular formula is C28H22N2O.